The molecule has 1 aromatic heterocycles. The number of nitro groups is 1. The van der Waals surface area contributed by atoms with Crippen molar-refractivity contribution in [3.05, 3.63) is 91.6 Å². The van der Waals surface area contributed by atoms with Gasteiger partial charge in [0, 0.05) is 23.6 Å². The van der Waals surface area contributed by atoms with Gasteiger partial charge in [0.15, 0.2) is 4.34 Å². The molecule has 2 aliphatic heterocycles. The van der Waals surface area contributed by atoms with Crippen LogP contribution in [0.1, 0.15) is 31.3 Å². The zero-order chi connectivity index (χ0) is 30.0. The minimum Gasteiger partial charge on any atom is -0.478 e. The van der Waals surface area contributed by atoms with Crippen molar-refractivity contribution in [1.29, 1.82) is 0 Å². The summed E-state index contributed by atoms with van der Waals surface area (Å²) < 4.78 is 6.22. The van der Waals surface area contributed by atoms with E-state index in [2.05, 4.69) is 15.5 Å². The number of benzene rings is 2. The van der Waals surface area contributed by atoms with Gasteiger partial charge in [-0.1, -0.05) is 35.2 Å². The predicted molar refractivity (Wildman–Crippen MR) is 153 cm³/mol. The number of carboxylic acids is 1. The van der Waals surface area contributed by atoms with Crippen molar-refractivity contribution in [3.63, 3.8) is 0 Å². The van der Waals surface area contributed by atoms with Crippen LogP contribution in [0.4, 0.5) is 5.69 Å². The molecule has 2 aromatic carbocycles. The molecule has 3 aromatic rings. The number of esters is 1. The lowest BCUT2D eigenvalue weighted by molar-refractivity contribution is -0.384. The van der Waals surface area contributed by atoms with Crippen molar-refractivity contribution in [2.45, 2.75) is 29.3 Å². The number of carboxylic acid groups (broad SMARTS) is 1. The molecule has 5 rings (SSSR count). The van der Waals surface area contributed by atoms with Crippen LogP contribution in [0.2, 0.25) is 0 Å². The molecule has 13 nitrogen and oxygen atoms in total. The van der Waals surface area contributed by atoms with Gasteiger partial charge < -0.3 is 15.2 Å². The number of fused-ring (bicyclic) bond motifs is 1. The number of non-ortho nitro benzene ring substituents is 1. The Morgan fingerprint density at radius 1 is 1.17 bits per heavy atom. The number of ether oxygens (including phenoxy) is 1. The number of amides is 2. The molecule has 2 aliphatic rings. The number of aromatic carboxylic acids is 1. The molecule has 1 fully saturated rings. The van der Waals surface area contributed by atoms with E-state index < -0.39 is 40.1 Å². The van der Waals surface area contributed by atoms with Gasteiger partial charge in [-0.3, -0.25) is 24.6 Å². The summed E-state index contributed by atoms with van der Waals surface area (Å²) in [6, 6.07) is 10.2. The van der Waals surface area contributed by atoms with E-state index in [0.29, 0.717) is 27.0 Å². The Hall–Kier alpha value is -4.28. The largest absolute Gasteiger partial charge is 0.478 e. The number of nitrogens with one attached hydrogen (secondary N) is 1. The average Bonchev–Trinajstić information content (AvgIpc) is 3.41. The maximum atomic E-state index is 13.4. The number of rotatable bonds is 10. The van der Waals surface area contributed by atoms with Gasteiger partial charge in [0.2, 0.25) is 0 Å². The third-order valence-electron chi connectivity index (χ3n) is 6.32. The zero-order valence-corrected chi connectivity index (χ0v) is 24.2. The molecule has 16 heteroatoms. The molecule has 0 saturated carbocycles. The highest BCUT2D eigenvalue weighted by atomic mass is 32.2. The number of hydrogen-bond acceptors (Lipinski definition) is 12. The van der Waals surface area contributed by atoms with Crippen LogP contribution in [0.15, 0.2) is 64.1 Å². The topological polar surface area (TPSA) is 182 Å². The van der Waals surface area contributed by atoms with E-state index in [1.54, 1.807) is 0 Å². The second-order valence-corrected chi connectivity index (χ2v) is 12.5. The van der Waals surface area contributed by atoms with Gasteiger partial charge in [-0.25, -0.2) is 9.59 Å². The summed E-state index contributed by atoms with van der Waals surface area (Å²) in [7, 11) is 0. The van der Waals surface area contributed by atoms with Gasteiger partial charge in [-0.2, -0.15) is 0 Å². The summed E-state index contributed by atoms with van der Waals surface area (Å²) in [5.41, 5.74) is 0.842. The Kier molecular flexibility index (Phi) is 8.56. The fraction of sp³-hybridized carbons (Fsp3) is 0.231. The third-order valence-corrected chi connectivity index (χ3v) is 9.72. The zero-order valence-electron chi connectivity index (χ0n) is 21.7. The summed E-state index contributed by atoms with van der Waals surface area (Å²) in [6.45, 7) is 1.65. The van der Waals surface area contributed by atoms with E-state index >= 15 is 0 Å². The third kappa shape index (κ3) is 6.00. The first-order valence-corrected chi connectivity index (χ1v) is 15.1. The van der Waals surface area contributed by atoms with Crippen molar-refractivity contribution in [2.24, 2.45) is 0 Å². The van der Waals surface area contributed by atoms with Crippen LogP contribution in [-0.2, 0) is 20.9 Å². The number of aryl methyl sites for hydroxylation is 1. The summed E-state index contributed by atoms with van der Waals surface area (Å²) in [5, 5.41) is 31.2. The molecular weight excluding hydrogens is 607 g/mol. The standard InChI is InChI=1S/C26H21N5O8S3/c1-13-28-29-26(42-13)41-12-15-11-40-23-19(27-21(32)17-4-2-3-5-18(17)24(34)35)22(33)30(23)20(15)25(36)39-10-14-6-8-16(9-7-14)31(37)38/h2-9,19,23H,10-12H2,1H3,(H,27,32)(H,34,35)/t19?,23-/m1/s1. The van der Waals surface area contributed by atoms with Crippen LogP contribution in [0.3, 0.4) is 0 Å². The van der Waals surface area contributed by atoms with Crippen LogP contribution >= 0.6 is 34.9 Å². The van der Waals surface area contributed by atoms with Gasteiger partial charge in [0.05, 0.1) is 16.1 Å². The Morgan fingerprint density at radius 3 is 2.52 bits per heavy atom. The number of nitro benzene ring substituents is 1. The normalized spacial score (nSPS) is 17.7. The molecule has 0 radical (unpaired) electrons. The molecule has 0 spiro atoms. The molecule has 1 saturated heterocycles. The predicted octanol–water partition coefficient (Wildman–Crippen LogP) is 3.26. The molecule has 2 N–H and O–H groups in total. The fourth-order valence-corrected chi connectivity index (χ4v) is 7.59. The van der Waals surface area contributed by atoms with E-state index in [-0.39, 0.29) is 29.1 Å². The maximum Gasteiger partial charge on any atom is 0.355 e. The summed E-state index contributed by atoms with van der Waals surface area (Å²) in [4.78, 5) is 62.9. The monoisotopic (exact) mass is 627 g/mol. The molecule has 216 valence electrons. The molecule has 42 heavy (non-hydrogen) atoms. The summed E-state index contributed by atoms with van der Waals surface area (Å²) in [6.07, 6.45) is 0. The van der Waals surface area contributed by atoms with Crippen molar-refractivity contribution in [2.75, 3.05) is 11.5 Å². The Bertz CT molecular complexity index is 1620. The Balaban J connectivity index is 1.35. The van der Waals surface area contributed by atoms with Crippen LogP contribution < -0.4 is 5.32 Å². The molecule has 2 amide bonds. The second-order valence-electron chi connectivity index (χ2n) is 9.04. The highest BCUT2D eigenvalue weighted by molar-refractivity contribution is 8.01. The first-order valence-electron chi connectivity index (χ1n) is 12.3. The van der Waals surface area contributed by atoms with Gasteiger partial charge in [0.1, 0.15) is 28.7 Å². The Morgan fingerprint density at radius 2 is 1.88 bits per heavy atom. The van der Waals surface area contributed by atoms with Gasteiger partial charge in [-0.05, 0) is 42.3 Å². The van der Waals surface area contributed by atoms with E-state index in [9.17, 15) is 34.4 Å². The van der Waals surface area contributed by atoms with E-state index in [1.165, 1.54) is 88.3 Å². The Labute approximate surface area is 250 Å². The van der Waals surface area contributed by atoms with Crippen LogP contribution in [-0.4, -0.2) is 71.8 Å². The van der Waals surface area contributed by atoms with Crippen molar-refractivity contribution in [1.82, 2.24) is 20.4 Å². The molecular formula is C26H21N5O8S3. The van der Waals surface area contributed by atoms with Crippen molar-refractivity contribution < 1.29 is 33.9 Å². The molecule has 0 aliphatic carbocycles. The van der Waals surface area contributed by atoms with E-state index in [4.69, 9.17) is 4.74 Å². The minimum atomic E-state index is -1.27. The van der Waals surface area contributed by atoms with Crippen molar-refractivity contribution in [3.8, 4) is 0 Å². The number of hydrogen-bond donors (Lipinski definition) is 2. The van der Waals surface area contributed by atoms with Crippen LogP contribution in [0.25, 0.3) is 0 Å². The van der Waals surface area contributed by atoms with Crippen molar-refractivity contribution >= 4 is 64.3 Å². The molecule has 3 heterocycles. The number of nitrogens with zero attached hydrogens (tertiary/aromatic N) is 4. The van der Waals surface area contributed by atoms with Gasteiger partial charge >= 0.3 is 11.9 Å². The van der Waals surface area contributed by atoms with Crippen LogP contribution in [0, 0.1) is 17.0 Å². The molecule has 0 bridgehead atoms. The first-order chi connectivity index (χ1) is 20.1. The minimum absolute atomic E-state index is 0.0656. The maximum absolute atomic E-state index is 13.4. The molecule has 1 unspecified atom stereocenters. The van der Waals surface area contributed by atoms with E-state index in [1.807, 2.05) is 6.92 Å². The average molecular weight is 628 g/mol. The van der Waals surface area contributed by atoms with E-state index in [0.717, 1.165) is 5.01 Å². The lowest BCUT2D eigenvalue weighted by atomic mass is 10.0. The molecule has 2 atom stereocenters. The second kappa shape index (κ2) is 12.3. The highest BCUT2D eigenvalue weighted by Gasteiger charge is 2.54. The number of carbonyl (C=O) groups is 4. The SMILES string of the molecule is Cc1nnc(SCC2=C(C(=O)OCc3ccc([N+](=O)[O-])cc3)N3C(=O)C(NC(=O)c4ccccc4C(=O)O)[C@H]3SC2)s1. The number of carbonyl (C=O) groups excluding carboxylic acids is 3. The number of aromatic nitrogens is 2. The lowest BCUT2D eigenvalue weighted by Gasteiger charge is -2.49. The lowest BCUT2D eigenvalue weighted by Crippen LogP contribution is -2.70. The summed E-state index contributed by atoms with van der Waals surface area (Å²) in [5.74, 6) is -2.58. The number of β-lactam (4-membered cyclic amide) rings is 1. The van der Waals surface area contributed by atoms with Gasteiger partial charge in [-0.15, -0.1) is 22.0 Å². The van der Waals surface area contributed by atoms with Gasteiger partial charge in [0.25, 0.3) is 17.5 Å². The summed E-state index contributed by atoms with van der Waals surface area (Å²) >= 11 is 4.13. The first kappa shape index (κ1) is 29.2. The quantitative estimate of drug-likeness (QED) is 0.110. The number of thioether (sulfide) groups is 2. The smallest absolute Gasteiger partial charge is 0.355 e. The highest BCUT2D eigenvalue weighted by Crippen LogP contribution is 2.42. The fourth-order valence-electron chi connectivity index (χ4n) is 4.29. The van der Waals surface area contributed by atoms with Crippen LogP contribution in [0.5, 0.6) is 0 Å².